The summed E-state index contributed by atoms with van der Waals surface area (Å²) in [5.41, 5.74) is 3.67. The van der Waals surface area contributed by atoms with Crippen molar-refractivity contribution >= 4 is 92.2 Å². The average molecular weight is 587 g/mol. The number of thiophene rings is 3. The van der Waals surface area contributed by atoms with Crippen LogP contribution in [0.1, 0.15) is 31.3 Å². The van der Waals surface area contributed by atoms with Gasteiger partial charge in [-0.25, -0.2) is 0 Å². The van der Waals surface area contributed by atoms with Gasteiger partial charge < -0.3 is 0 Å². The average Bonchev–Trinajstić information content (AvgIpc) is 3.78. The maximum atomic E-state index is 2.33. The summed E-state index contributed by atoms with van der Waals surface area (Å²) >= 11 is 5.72. The molecule has 0 spiro atoms. The smallest absolute Gasteiger partial charge is 0.0391 e. The molecule has 0 saturated heterocycles. The SMILES string of the molecule is C(=C\c1ccc(P(c2ccc(/C=C/c3ccccc3)s2)c2ccc(/C=C/c3ccccc3)s2)s1)/c1ccccc1. The molecule has 6 rings (SSSR count). The van der Waals surface area contributed by atoms with E-state index in [1.54, 1.807) is 0 Å². The molecule has 0 fully saturated rings. The van der Waals surface area contributed by atoms with Crippen LogP contribution in [0.25, 0.3) is 36.5 Å². The van der Waals surface area contributed by atoms with E-state index in [1.807, 2.05) is 34.0 Å². The molecule has 0 aliphatic rings. The van der Waals surface area contributed by atoms with E-state index < -0.39 is 7.92 Å². The van der Waals surface area contributed by atoms with E-state index in [1.165, 1.54) is 45.2 Å². The van der Waals surface area contributed by atoms with E-state index in [0.29, 0.717) is 0 Å². The van der Waals surface area contributed by atoms with Crippen LogP contribution in [0.15, 0.2) is 127 Å². The molecule has 0 unspecified atom stereocenters. The van der Waals surface area contributed by atoms with Gasteiger partial charge >= 0.3 is 0 Å². The van der Waals surface area contributed by atoms with Gasteiger partial charge in [-0.2, -0.15) is 0 Å². The molecular formula is C36H27PS3. The molecule has 3 heterocycles. The Labute approximate surface area is 249 Å². The normalized spacial score (nSPS) is 11.9. The summed E-state index contributed by atoms with van der Waals surface area (Å²) in [7, 11) is -0.625. The Morgan fingerprint density at radius 2 is 0.625 bits per heavy atom. The van der Waals surface area contributed by atoms with Crippen LogP contribution in [0.4, 0.5) is 0 Å². The van der Waals surface area contributed by atoms with E-state index in [2.05, 4.69) is 164 Å². The molecule has 0 aliphatic heterocycles. The Morgan fingerprint density at radius 3 is 0.925 bits per heavy atom. The van der Waals surface area contributed by atoms with Gasteiger partial charge in [0.25, 0.3) is 0 Å². The quantitative estimate of drug-likeness (QED) is 0.148. The van der Waals surface area contributed by atoms with Crippen LogP contribution < -0.4 is 13.9 Å². The van der Waals surface area contributed by atoms with Crippen molar-refractivity contribution in [1.82, 2.24) is 0 Å². The van der Waals surface area contributed by atoms with E-state index in [4.69, 9.17) is 0 Å². The molecule has 0 atom stereocenters. The fourth-order valence-corrected chi connectivity index (χ4v) is 11.8. The highest BCUT2D eigenvalue weighted by Crippen LogP contribution is 2.41. The van der Waals surface area contributed by atoms with Crippen molar-refractivity contribution in [3.8, 4) is 0 Å². The maximum absolute atomic E-state index is 2.33. The molecule has 3 aromatic heterocycles. The lowest BCUT2D eigenvalue weighted by atomic mass is 10.2. The lowest BCUT2D eigenvalue weighted by molar-refractivity contribution is 1.67. The first-order valence-corrected chi connectivity index (χ1v) is 16.9. The van der Waals surface area contributed by atoms with Gasteiger partial charge in [-0.15, -0.1) is 34.0 Å². The Bertz CT molecular complexity index is 1530. The van der Waals surface area contributed by atoms with Crippen molar-refractivity contribution in [3.63, 3.8) is 0 Å². The van der Waals surface area contributed by atoms with Gasteiger partial charge in [0.15, 0.2) is 0 Å². The highest BCUT2D eigenvalue weighted by atomic mass is 32.1. The van der Waals surface area contributed by atoms with Crippen LogP contribution in [-0.4, -0.2) is 0 Å². The second-order valence-corrected chi connectivity index (χ2v) is 15.5. The molecule has 4 heteroatoms. The van der Waals surface area contributed by atoms with E-state index in [-0.39, 0.29) is 0 Å². The summed E-state index contributed by atoms with van der Waals surface area (Å²) in [4.78, 5) is 3.86. The van der Waals surface area contributed by atoms with Crippen LogP contribution in [0.3, 0.4) is 0 Å². The third kappa shape index (κ3) is 6.94. The molecule has 0 bridgehead atoms. The highest BCUT2D eigenvalue weighted by molar-refractivity contribution is 7.90. The van der Waals surface area contributed by atoms with E-state index >= 15 is 0 Å². The zero-order valence-electron chi connectivity index (χ0n) is 21.8. The predicted octanol–water partition coefficient (Wildman–Crippen LogP) is 10.1. The topological polar surface area (TPSA) is 0 Å². The standard InChI is InChI=1S/C36H27PS3/c1-4-10-28(11-5-1)16-19-31-22-25-34(38-31)37(35-26-23-32(39-35)20-17-29-12-6-2-7-13-29)36-27-24-33(40-36)21-18-30-14-8-3-9-15-30/h1-27H/b19-16+,20-17+,21-18+. The van der Waals surface area contributed by atoms with Gasteiger partial charge in [0.05, 0.1) is 0 Å². The molecule has 0 N–H and O–H groups in total. The Balaban J connectivity index is 1.30. The first-order valence-electron chi connectivity index (χ1n) is 13.1. The Kier molecular flexibility index (Phi) is 8.77. The van der Waals surface area contributed by atoms with E-state index in [0.717, 1.165) is 0 Å². The molecule has 0 saturated carbocycles. The third-order valence-electron chi connectivity index (χ3n) is 6.22. The van der Waals surface area contributed by atoms with Crippen LogP contribution in [0.5, 0.6) is 0 Å². The summed E-state index contributed by atoms with van der Waals surface area (Å²) < 4.78 is 4.30. The van der Waals surface area contributed by atoms with Gasteiger partial charge in [-0.1, -0.05) is 109 Å². The summed E-state index contributed by atoms with van der Waals surface area (Å²) in [5.74, 6) is 0. The second-order valence-electron chi connectivity index (χ2n) is 9.10. The minimum Gasteiger partial charge on any atom is -0.135 e. The number of rotatable bonds is 9. The van der Waals surface area contributed by atoms with Crippen molar-refractivity contribution in [2.24, 2.45) is 0 Å². The van der Waals surface area contributed by atoms with Crippen LogP contribution in [-0.2, 0) is 0 Å². The molecule has 6 aromatic rings. The van der Waals surface area contributed by atoms with Gasteiger partial charge in [0, 0.05) is 36.4 Å². The molecule has 0 aliphatic carbocycles. The fourth-order valence-electron chi connectivity index (χ4n) is 4.21. The first kappa shape index (κ1) is 26.6. The van der Waals surface area contributed by atoms with Crippen molar-refractivity contribution in [3.05, 3.63) is 159 Å². The van der Waals surface area contributed by atoms with Crippen molar-refractivity contribution in [2.75, 3.05) is 0 Å². The molecule has 0 nitrogen and oxygen atoms in total. The monoisotopic (exact) mass is 586 g/mol. The maximum Gasteiger partial charge on any atom is 0.0391 e. The van der Waals surface area contributed by atoms with Gasteiger partial charge in [-0.3, -0.25) is 0 Å². The summed E-state index contributed by atoms with van der Waals surface area (Å²) in [6.07, 6.45) is 13.3. The minimum atomic E-state index is -0.625. The summed E-state index contributed by atoms with van der Waals surface area (Å²) in [6.45, 7) is 0. The minimum absolute atomic E-state index is 0.625. The predicted molar refractivity (Wildman–Crippen MR) is 185 cm³/mol. The molecule has 0 radical (unpaired) electrons. The molecular weight excluding hydrogens is 560 g/mol. The molecule has 40 heavy (non-hydrogen) atoms. The largest absolute Gasteiger partial charge is 0.135 e. The van der Waals surface area contributed by atoms with Crippen molar-refractivity contribution < 1.29 is 0 Å². The van der Waals surface area contributed by atoms with Crippen LogP contribution in [0, 0.1) is 0 Å². The fraction of sp³-hybridized carbons (Fsp3) is 0. The Hall–Kier alpha value is -3.59. The van der Waals surface area contributed by atoms with E-state index in [9.17, 15) is 0 Å². The second kappa shape index (κ2) is 13.2. The summed E-state index contributed by atoms with van der Waals surface area (Å²) in [6, 6.07) is 45.3. The first-order chi connectivity index (χ1) is 19.8. The van der Waals surface area contributed by atoms with Gasteiger partial charge in [0.1, 0.15) is 0 Å². The van der Waals surface area contributed by atoms with Crippen LogP contribution >= 0.6 is 41.9 Å². The summed E-state index contributed by atoms with van der Waals surface area (Å²) in [5, 5.41) is 0. The highest BCUT2D eigenvalue weighted by Gasteiger charge is 2.22. The van der Waals surface area contributed by atoms with Gasteiger partial charge in [-0.05, 0) is 71.3 Å². The zero-order chi connectivity index (χ0) is 27.0. The number of hydrogen-bond acceptors (Lipinski definition) is 3. The van der Waals surface area contributed by atoms with Gasteiger partial charge in [0.2, 0.25) is 0 Å². The van der Waals surface area contributed by atoms with Crippen molar-refractivity contribution in [1.29, 1.82) is 0 Å². The lowest BCUT2D eigenvalue weighted by Gasteiger charge is -2.12. The molecule has 194 valence electrons. The molecule has 0 amide bonds. The zero-order valence-corrected chi connectivity index (χ0v) is 25.1. The third-order valence-corrected chi connectivity index (χ3v) is 13.0. The molecule has 3 aromatic carbocycles. The van der Waals surface area contributed by atoms with Crippen molar-refractivity contribution in [2.45, 2.75) is 0 Å². The Morgan fingerprint density at radius 1 is 0.325 bits per heavy atom. The lowest BCUT2D eigenvalue weighted by Crippen LogP contribution is -2.13. The number of benzene rings is 3. The van der Waals surface area contributed by atoms with Crippen LogP contribution in [0.2, 0.25) is 0 Å². The number of hydrogen-bond donors (Lipinski definition) is 0.